The van der Waals surface area contributed by atoms with Crippen molar-refractivity contribution >= 4 is 23.9 Å². The fourth-order valence-electron chi connectivity index (χ4n) is 1.37. The van der Waals surface area contributed by atoms with Gasteiger partial charge in [-0.05, 0) is 24.3 Å². The first-order valence-corrected chi connectivity index (χ1v) is 4.58. The lowest BCUT2D eigenvalue weighted by Crippen LogP contribution is -2.12. The van der Waals surface area contributed by atoms with Crippen molar-refractivity contribution in [2.45, 2.75) is 0 Å². The third kappa shape index (κ3) is 2.02. The Hall–Kier alpha value is -2.16. The van der Waals surface area contributed by atoms with Crippen LogP contribution >= 0.6 is 0 Å². The zero-order valence-corrected chi connectivity index (χ0v) is 8.05. The summed E-state index contributed by atoms with van der Waals surface area (Å²) < 4.78 is 0. The van der Waals surface area contributed by atoms with Crippen LogP contribution in [0.3, 0.4) is 0 Å². The number of hydrogen-bond donors (Lipinski definition) is 1. The molecule has 1 aromatic carbocycles. The van der Waals surface area contributed by atoms with Gasteiger partial charge in [0.2, 0.25) is 5.91 Å². The molecule has 0 spiro atoms. The largest absolute Gasteiger partial charge is 0.366 e. The first kappa shape index (κ1) is 9.40. The normalized spacial score (nSPS) is 13.7. The van der Waals surface area contributed by atoms with E-state index >= 15 is 0 Å². The molecule has 74 valence electrons. The molecule has 1 aliphatic heterocycles. The summed E-state index contributed by atoms with van der Waals surface area (Å²) in [4.78, 5) is 15.3. The molecule has 0 fully saturated rings. The maximum absolute atomic E-state index is 11.1. The Morgan fingerprint density at radius 3 is 2.87 bits per heavy atom. The molecule has 2 rings (SSSR count). The van der Waals surface area contributed by atoms with Gasteiger partial charge in [0.15, 0.2) is 0 Å². The number of para-hydroxylation sites is 1. The molecule has 1 aromatic rings. The van der Waals surface area contributed by atoms with Gasteiger partial charge in [0.05, 0.1) is 5.69 Å². The molecule has 2 N–H and O–H groups in total. The average Bonchev–Trinajstić information content (AvgIpc) is 2.18. The molecule has 1 heterocycles. The number of primary amides is 1. The number of rotatable bonds is 1. The van der Waals surface area contributed by atoms with Crippen LogP contribution in [0.15, 0.2) is 47.0 Å². The molecule has 3 heteroatoms. The zero-order valence-electron chi connectivity index (χ0n) is 8.05. The number of carbonyl (C=O) groups is 1. The van der Waals surface area contributed by atoms with Crippen molar-refractivity contribution in [2.75, 3.05) is 0 Å². The van der Waals surface area contributed by atoms with E-state index in [0.717, 1.165) is 11.3 Å². The van der Waals surface area contributed by atoms with Gasteiger partial charge in [0, 0.05) is 17.4 Å². The zero-order chi connectivity index (χ0) is 10.7. The van der Waals surface area contributed by atoms with Crippen molar-refractivity contribution in [1.29, 1.82) is 0 Å². The number of benzene rings is 1. The number of fused-ring (bicyclic) bond motifs is 1. The van der Waals surface area contributed by atoms with Crippen LogP contribution in [-0.2, 0) is 4.79 Å². The summed E-state index contributed by atoms with van der Waals surface area (Å²) in [6.07, 6.45) is 6.74. The topological polar surface area (TPSA) is 55.5 Å². The van der Waals surface area contributed by atoms with Gasteiger partial charge in [-0.1, -0.05) is 18.2 Å². The fourth-order valence-corrected chi connectivity index (χ4v) is 1.37. The summed E-state index contributed by atoms with van der Waals surface area (Å²) in [5.74, 6) is -0.434. The molecule has 0 atom stereocenters. The smallest absolute Gasteiger partial charge is 0.248 e. The van der Waals surface area contributed by atoms with Crippen molar-refractivity contribution in [3.63, 3.8) is 0 Å². The highest BCUT2D eigenvalue weighted by atomic mass is 16.1. The Balaban J connectivity index is 2.56. The van der Waals surface area contributed by atoms with Crippen molar-refractivity contribution in [2.24, 2.45) is 10.7 Å². The minimum atomic E-state index is -0.434. The van der Waals surface area contributed by atoms with E-state index in [2.05, 4.69) is 4.99 Å². The number of hydrogen-bond acceptors (Lipinski definition) is 2. The molecule has 1 aliphatic rings. The maximum atomic E-state index is 11.1. The van der Waals surface area contributed by atoms with Crippen LogP contribution in [0.4, 0.5) is 5.69 Å². The summed E-state index contributed by atoms with van der Waals surface area (Å²) in [5.41, 5.74) is 7.45. The Labute approximate surface area is 87.6 Å². The SMILES string of the molecule is NC(=O)C1=Cc2ccccc2N=CC=C1. The number of nitrogens with two attached hydrogens (primary N) is 1. The van der Waals surface area contributed by atoms with Crippen LogP contribution in [-0.4, -0.2) is 12.1 Å². The van der Waals surface area contributed by atoms with Gasteiger partial charge >= 0.3 is 0 Å². The lowest BCUT2D eigenvalue weighted by Gasteiger charge is -2.03. The third-order valence-corrected chi connectivity index (χ3v) is 2.11. The molecular formula is C12H10N2O. The molecule has 0 unspecified atom stereocenters. The van der Waals surface area contributed by atoms with Crippen molar-refractivity contribution in [3.05, 3.63) is 47.6 Å². The molecule has 0 saturated heterocycles. The minimum Gasteiger partial charge on any atom is -0.366 e. The molecular weight excluding hydrogens is 188 g/mol. The quantitative estimate of drug-likeness (QED) is 0.735. The van der Waals surface area contributed by atoms with Crippen LogP contribution < -0.4 is 5.73 Å². The summed E-state index contributed by atoms with van der Waals surface area (Å²) in [5, 5.41) is 0. The summed E-state index contributed by atoms with van der Waals surface area (Å²) >= 11 is 0. The Bertz CT molecular complexity index is 484. The first-order chi connectivity index (χ1) is 7.27. The molecule has 0 aromatic heterocycles. The lowest BCUT2D eigenvalue weighted by molar-refractivity contribution is -0.114. The van der Waals surface area contributed by atoms with Crippen LogP contribution in [0.25, 0.3) is 6.08 Å². The van der Waals surface area contributed by atoms with E-state index in [-0.39, 0.29) is 0 Å². The summed E-state index contributed by atoms with van der Waals surface area (Å²) in [6.45, 7) is 0. The predicted octanol–water partition coefficient (Wildman–Crippen LogP) is 1.83. The Morgan fingerprint density at radius 1 is 1.27 bits per heavy atom. The summed E-state index contributed by atoms with van der Waals surface area (Å²) in [7, 11) is 0. The van der Waals surface area contributed by atoms with Crippen LogP contribution in [0.5, 0.6) is 0 Å². The molecule has 15 heavy (non-hydrogen) atoms. The van der Waals surface area contributed by atoms with Crippen molar-refractivity contribution in [1.82, 2.24) is 0 Å². The van der Waals surface area contributed by atoms with Crippen LogP contribution in [0, 0.1) is 0 Å². The van der Waals surface area contributed by atoms with E-state index in [1.165, 1.54) is 0 Å². The van der Waals surface area contributed by atoms with E-state index in [1.807, 2.05) is 24.3 Å². The van der Waals surface area contributed by atoms with Gasteiger partial charge in [-0.25, -0.2) is 0 Å². The summed E-state index contributed by atoms with van der Waals surface area (Å²) in [6, 6.07) is 7.59. The van der Waals surface area contributed by atoms with Crippen molar-refractivity contribution < 1.29 is 4.79 Å². The van der Waals surface area contributed by atoms with Crippen LogP contribution in [0.2, 0.25) is 0 Å². The molecule has 0 aliphatic carbocycles. The second kappa shape index (κ2) is 3.92. The Kier molecular flexibility index (Phi) is 2.46. The monoisotopic (exact) mass is 198 g/mol. The van der Waals surface area contributed by atoms with Gasteiger partial charge in [-0.2, -0.15) is 0 Å². The highest BCUT2D eigenvalue weighted by molar-refractivity contribution is 6.01. The van der Waals surface area contributed by atoms with E-state index in [4.69, 9.17) is 5.73 Å². The fraction of sp³-hybridized carbons (Fsp3) is 0. The molecule has 0 saturated carbocycles. The van der Waals surface area contributed by atoms with Gasteiger partial charge in [-0.3, -0.25) is 9.79 Å². The molecule has 1 amide bonds. The highest BCUT2D eigenvalue weighted by Crippen LogP contribution is 2.22. The molecule has 0 radical (unpaired) electrons. The van der Waals surface area contributed by atoms with E-state index in [1.54, 1.807) is 24.4 Å². The maximum Gasteiger partial charge on any atom is 0.248 e. The number of carbonyl (C=O) groups excluding carboxylic acids is 1. The van der Waals surface area contributed by atoms with E-state index < -0.39 is 5.91 Å². The van der Waals surface area contributed by atoms with Crippen LogP contribution in [0.1, 0.15) is 5.56 Å². The second-order valence-corrected chi connectivity index (χ2v) is 3.16. The van der Waals surface area contributed by atoms with E-state index in [9.17, 15) is 4.79 Å². The second-order valence-electron chi connectivity index (χ2n) is 3.16. The number of nitrogens with zero attached hydrogens (tertiary/aromatic N) is 1. The van der Waals surface area contributed by atoms with Crippen molar-refractivity contribution in [3.8, 4) is 0 Å². The van der Waals surface area contributed by atoms with Gasteiger partial charge in [-0.15, -0.1) is 0 Å². The molecule has 3 nitrogen and oxygen atoms in total. The lowest BCUT2D eigenvalue weighted by atomic mass is 10.1. The third-order valence-electron chi connectivity index (χ3n) is 2.11. The number of aliphatic imine (C=N–C) groups is 1. The number of amides is 1. The predicted molar refractivity (Wildman–Crippen MR) is 60.9 cm³/mol. The van der Waals surface area contributed by atoms with E-state index in [0.29, 0.717) is 5.57 Å². The average molecular weight is 198 g/mol. The van der Waals surface area contributed by atoms with Gasteiger partial charge in [0.1, 0.15) is 0 Å². The van der Waals surface area contributed by atoms with Gasteiger partial charge in [0.25, 0.3) is 0 Å². The first-order valence-electron chi connectivity index (χ1n) is 4.58. The Morgan fingerprint density at radius 2 is 2.07 bits per heavy atom. The molecule has 0 bridgehead atoms. The standard InChI is InChI=1S/C12H10N2O/c13-12(15)10-5-3-7-14-11-6-2-1-4-9(11)8-10/h1-8H,(H2,13,15). The number of allylic oxidation sites excluding steroid dienone is 1. The highest BCUT2D eigenvalue weighted by Gasteiger charge is 2.04. The van der Waals surface area contributed by atoms with Gasteiger partial charge < -0.3 is 5.73 Å². The minimum absolute atomic E-state index is 0.434.